The highest BCUT2D eigenvalue weighted by molar-refractivity contribution is 5.92. The summed E-state index contributed by atoms with van der Waals surface area (Å²) in [6.07, 6.45) is 0. The Morgan fingerprint density at radius 1 is 1.40 bits per heavy atom. The monoisotopic (exact) mass is 278 g/mol. The van der Waals surface area contributed by atoms with Gasteiger partial charge >= 0.3 is 12.0 Å². The highest BCUT2D eigenvalue weighted by Crippen LogP contribution is 2.17. The maximum absolute atomic E-state index is 12.1. The fourth-order valence-corrected chi connectivity index (χ4v) is 2.15. The number of amides is 2. The van der Waals surface area contributed by atoms with Crippen LogP contribution < -0.4 is 10.2 Å². The van der Waals surface area contributed by atoms with Gasteiger partial charge in [-0.2, -0.15) is 0 Å². The number of ether oxygens (including phenoxy) is 1. The number of carbonyl (C=O) groups excluding carboxylic acids is 1. The van der Waals surface area contributed by atoms with Crippen LogP contribution in [-0.2, 0) is 9.53 Å². The lowest BCUT2D eigenvalue weighted by molar-refractivity contribution is -0.142. The van der Waals surface area contributed by atoms with Crippen LogP contribution in [0.3, 0.4) is 0 Å². The van der Waals surface area contributed by atoms with Crippen LogP contribution in [0.2, 0.25) is 0 Å². The lowest BCUT2D eigenvalue weighted by Gasteiger charge is -2.22. The van der Waals surface area contributed by atoms with Crippen LogP contribution in [0.15, 0.2) is 24.3 Å². The maximum Gasteiger partial charge on any atom is 0.321 e. The van der Waals surface area contributed by atoms with Gasteiger partial charge in [0.25, 0.3) is 0 Å². The Kier molecular flexibility index (Phi) is 4.24. The summed E-state index contributed by atoms with van der Waals surface area (Å²) in [5.74, 6) is -1.64. The Bertz CT molecular complexity index is 518. The second-order valence-electron chi connectivity index (χ2n) is 4.94. The molecule has 20 heavy (non-hydrogen) atoms. The molecule has 0 bridgehead atoms. The van der Waals surface area contributed by atoms with E-state index in [4.69, 9.17) is 9.84 Å². The summed E-state index contributed by atoms with van der Waals surface area (Å²) in [7, 11) is 1.65. The van der Waals surface area contributed by atoms with E-state index in [1.807, 2.05) is 31.2 Å². The highest BCUT2D eigenvalue weighted by atomic mass is 16.5. The lowest BCUT2D eigenvalue weighted by Crippen LogP contribution is -2.47. The third kappa shape index (κ3) is 3.08. The number of rotatable bonds is 3. The van der Waals surface area contributed by atoms with Crippen molar-refractivity contribution in [2.75, 3.05) is 25.2 Å². The van der Waals surface area contributed by atoms with Crippen molar-refractivity contribution < 1.29 is 19.4 Å². The van der Waals surface area contributed by atoms with E-state index in [0.717, 1.165) is 11.3 Å². The van der Waals surface area contributed by atoms with E-state index in [-0.39, 0.29) is 19.2 Å². The van der Waals surface area contributed by atoms with Gasteiger partial charge in [-0.15, -0.1) is 0 Å². The second-order valence-corrected chi connectivity index (χ2v) is 4.94. The van der Waals surface area contributed by atoms with Crippen molar-refractivity contribution in [3.63, 3.8) is 0 Å². The molecule has 108 valence electrons. The first-order valence-corrected chi connectivity index (χ1v) is 6.40. The average Bonchev–Trinajstić information content (AvgIpc) is 2.86. The van der Waals surface area contributed by atoms with E-state index in [1.165, 1.54) is 4.90 Å². The van der Waals surface area contributed by atoms with Gasteiger partial charge in [0.05, 0.1) is 19.3 Å². The van der Waals surface area contributed by atoms with Crippen molar-refractivity contribution in [3.8, 4) is 0 Å². The maximum atomic E-state index is 12.1. The summed E-state index contributed by atoms with van der Waals surface area (Å²) in [6.45, 7) is 2.30. The number of nitrogens with one attached hydrogen (secondary N) is 1. The Hall–Kier alpha value is -2.08. The molecule has 1 heterocycles. The summed E-state index contributed by atoms with van der Waals surface area (Å²) in [6, 6.07) is 6.70. The van der Waals surface area contributed by atoms with E-state index < -0.39 is 17.9 Å². The number of carbonyl (C=O) groups is 2. The van der Waals surface area contributed by atoms with Gasteiger partial charge in [0, 0.05) is 12.7 Å². The summed E-state index contributed by atoms with van der Waals surface area (Å²) in [5.41, 5.74) is 1.81. The lowest BCUT2D eigenvalue weighted by atomic mass is 10.0. The number of aryl methyl sites for hydroxylation is 1. The first-order chi connectivity index (χ1) is 9.49. The SMILES string of the molecule is Cc1cccc(N(C)C(=O)NC2COCC2C(=O)O)c1. The van der Waals surface area contributed by atoms with E-state index in [2.05, 4.69) is 5.32 Å². The van der Waals surface area contributed by atoms with Crippen LogP contribution in [-0.4, -0.2) is 43.4 Å². The smallest absolute Gasteiger partial charge is 0.321 e. The van der Waals surface area contributed by atoms with Crippen LogP contribution >= 0.6 is 0 Å². The molecule has 0 aromatic heterocycles. The number of benzene rings is 1. The number of urea groups is 1. The Balaban J connectivity index is 2.03. The Labute approximate surface area is 117 Å². The minimum atomic E-state index is -0.953. The molecule has 1 aromatic carbocycles. The van der Waals surface area contributed by atoms with Crippen molar-refractivity contribution in [1.29, 1.82) is 0 Å². The van der Waals surface area contributed by atoms with Crippen molar-refractivity contribution in [3.05, 3.63) is 29.8 Å². The molecule has 0 aliphatic carbocycles. The van der Waals surface area contributed by atoms with Gasteiger partial charge in [-0.25, -0.2) is 4.79 Å². The number of carboxylic acids is 1. The van der Waals surface area contributed by atoms with Gasteiger partial charge in [-0.3, -0.25) is 9.69 Å². The summed E-state index contributed by atoms with van der Waals surface area (Å²) >= 11 is 0. The average molecular weight is 278 g/mol. The molecule has 2 N–H and O–H groups in total. The summed E-state index contributed by atoms with van der Waals surface area (Å²) < 4.78 is 5.12. The molecule has 6 heteroatoms. The third-order valence-electron chi connectivity index (χ3n) is 3.40. The molecule has 2 amide bonds. The third-order valence-corrected chi connectivity index (χ3v) is 3.40. The largest absolute Gasteiger partial charge is 0.481 e. The molecule has 1 saturated heterocycles. The molecule has 6 nitrogen and oxygen atoms in total. The predicted octanol–water partition coefficient (Wildman–Crippen LogP) is 1.24. The molecule has 1 fully saturated rings. The molecule has 2 unspecified atom stereocenters. The van der Waals surface area contributed by atoms with Crippen molar-refractivity contribution in [2.24, 2.45) is 5.92 Å². The van der Waals surface area contributed by atoms with Crippen LogP contribution in [0.1, 0.15) is 5.56 Å². The predicted molar refractivity (Wildman–Crippen MR) is 73.8 cm³/mol. The van der Waals surface area contributed by atoms with Gasteiger partial charge < -0.3 is 15.2 Å². The molecule has 0 saturated carbocycles. The molecule has 2 atom stereocenters. The topological polar surface area (TPSA) is 78.9 Å². The molecule has 1 aliphatic rings. The zero-order valence-electron chi connectivity index (χ0n) is 11.5. The van der Waals surface area contributed by atoms with E-state index in [0.29, 0.717) is 0 Å². The van der Waals surface area contributed by atoms with Gasteiger partial charge in [0.1, 0.15) is 5.92 Å². The first kappa shape index (κ1) is 14.3. The molecular weight excluding hydrogens is 260 g/mol. The number of carboxylic acid groups (broad SMARTS) is 1. The fraction of sp³-hybridized carbons (Fsp3) is 0.429. The van der Waals surface area contributed by atoms with Crippen molar-refractivity contribution in [1.82, 2.24) is 5.32 Å². The van der Waals surface area contributed by atoms with Crippen LogP contribution in [0, 0.1) is 12.8 Å². The van der Waals surface area contributed by atoms with Gasteiger partial charge in [0.2, 0.25) is 0 Å². The second kappa shape index (κ2) is 5.92. The normalized spacial score (nSPS) is 21.5. The molecule has 0 spiro atoms. The number of nitrogens with zero attached hydrogens (tertiary/aromatic N) is 1. The van der Waals surface area contributed by atoms with Crippen LogP contribution in [0.25, 0.3) is 0 Å². The molecule has 1 aromatic rings. The number of anilines is 1. The van der Waals surface area contributed by atoms with Crippen LogP contribution in [0.4, 0.5) is 10.5 Å². The number of aliphatic carboxylic acids is 1. The van der Waals surface area contributed by atoms with Gasteiger partial charge in [-0.05, 0) is 24.6 Å². The minimum absolute atomic E-state index is 0.133. The first-order valence-electron chi connectivity index (χ1n) is 6.40. The number of hydrogen-bond acceptors (Lipinski definition) is 3. The van der Waals surface area contributed by atoms with E-state index in [1.54, 1.807) is 7.05 Å². The highest BCUT2D eigenvalue weighted by Gasteiger charge is 2.35. The molecule has 0 radical (unpaired) electrons. The summed E-state index contributed by atoms with van der Waals surface area (Å²) in [5, 5.41) is 11.8. The van der Waals surface area contributed by atoms with Crippen molar-refractivity contribution in [2.45, 2.75) is 13.0 Å². The van der Waals surface area contributed by atoms with E-state index in [9.17, 15) is 9.59 Å². The Morgan fingerprint density at radius 3 is 2.80 bits per heavy atom. The number of hydrogen-bond donors (Lipinski definition) is 2. The zero-order valence-corrected chi connectivity index (χ0v) is 11.5. The molecule has 2 rings (SSSR count). The standard InChI is InChI=1S/C14H18N2O4/c1-9-4-3-5-10(6-9)16(2)14(19)15-12-8-20-7-11(12)13(17)18/h3-6,11-12H,7-8H2,1-2H3,(H,15,19)(H,17,18). The van der Waals surface area contributed by atoms with Gasteiger partial charge in [0.15, 0.2) is 0 Å². The molecule has 1 aliphatic heterocycles. The quantitative estimate of drug-likeness (QED) is 0.872. The van der Waals surface area contributed by atoms with Crippen molar-refractivity contribution >= 4 is 17.7 Å². The minimum Gasteiger partial charge on any atom is -0.481 e. The zero-order chi connectivity index (χ0) is 14.7. The summed E-state index contributed by atoms with van der Waals surface area (Å²) in [4.78, 5) is 24.6. The Morgan fingerprint density at radius 2 is 2.15 bits per heavy atom. The fourth-order valence-electron chi connectivity index (χ4n) is 2.15. The molecular formula is C14H18N2O4. The van der Waals surface area contributed by atoms with E-state index >= 15 is 0 Å². The van der Waals surface area contributed by atoms with Gasteiger partial charge in [-0.1, -0.05) is 12.1 Å². The van der Waals surface area contributed by atoms with Crippen LogP contribution in [0.5, 0.6) is 0 Å².